The van der Waals surface area contributed by atoms with Crippen LogP contribution in [0.1, 0.15) is 17.4 Å². The number of nitriles is 1. The molecule has 1 N–H and O–H groups in total. The molecule has 0 saturated heterocycles. The van der Waals surface area contributed by atoms with Gasteiger partial charge in [0.2, 0.25) is 0 Å². The molecule has 0 spiro atoms. The van der Waals surface area contributed by atoms with Crippen LogP contribution in [0.2, 0.25) is 0 Å². The van der Waals surface area contributed by atoms with Crippen molar-refractivity contribution in [1.29, 1.82) is 5.26 Å². The van der Waals surface area contributed by atoms with Crippen molar-refractivity contribution in [2.24, 2.45) is 0 Å². The Balaban J connectivity index is 2.11. The minimum atomic E-state index is -0.425. The second-order valence-corrected chi connectivity index (χ2v) is 3.76. The molecule has 0 saturated carbocycles. The molecule has 18 heavy (non-hydrogen) atoms. The van der Waals surface area contributed by atoms with Crippen molar-refractivity contribution in [2.45, 2.75) is 12.6 Å². The highest BCUT2D eigenvalue weighted by Gasteiger charge is 2.14. The standard InChI is InChI=1S/C14H14N2O2/c1-17-14-7-3-2-6-12(14)13(9-15)16-10-11-5-4-8-18-11/h2-8,13,16H,10H2,1H3. The van der Waals surface area contributed by atoms with Crippen LogP contribution in [0.3, 0.4) is 0 Å². The number of hydrogen-bond acceptors (Lipinski definition) is 4. The number of furan rings is 1. The van der Waals surface area contributed by atoms with E-state index in [1.165, 1.54) is 0 Å². The van der Waals surface area contributed by atoms with Crippen LogP contribution in [0.25, 0.3) is 0 Å². The first kappa shape index (κ1) is 12.2. The normalized spacial score (nSPS) is 11.8. The summed E-state index contributed by atoms with van der Waals surface area (Å²) in [4.78, 5) is 0. The number of hydrogen-bond donors (Lipinski definition) is 1. The Morgan fingerprint density at radius 2 is 2.17 bits per heavy atom. The molecule has 0 bridgehead atoms. The molecule has 0 aliphatic heterocycles. The predicted octanol–water partition coefficient (Wildman–Crippen LogP) is 2.64. The average molecular weight is 242 g/mol. The molecule has 1 atom stereocenters. The Morgan fingerprint density at radius 1 is 1.33 bits per heavy atom. The fraction of sp³-hybridized carbons (Fsp3) is 0.214. The van der Waals surface area contributed by atoms with Gasteiger partial charge in [0, 0.05) is 5.56 Å². The zero-order chi connectivity index (χ0) is 12.8. The number of rotatable bonds is 5. The molecule has 0 aliphatic rings. The van der Waals surface area contributed by atoms with Crippen LogP contribution in [0, 0.1) is 11.3 Å². The Kier molecular flexibility index (Phi) is 4.00. The van der Waals surface area contributed by atoms with E-state index in [9.17, 15) is 5.26 Å². The minimum absolute atomic E-state index is 0.425. The third-order valence-electron chi connectivity index (χ3n) is 2.64. The predicted molar refractivity (Wildman–Crippen MR) is 66.9 cm³/mol. The van der Waals surface area contributed by atoms with Crippen molar-refractivity contribution in [3.63, 3.8) is 0 Å². The summed E-state index contributed by atoms with van der Waals surface area (Å²) in [6.45, 7) is 0.503. The zero-order valence-corrected chi connectivity index (χ0v) is 10.1. The summed E-state index contributed by atoms with van der Waals surface area (Å²) in [5.74, 6) is 1.50. The first-order valence-corrected chi connectivity index (χ1v) is 5.63. The molecular formula is C14H14N2O2. The summed E-state index contributed by atoms with van der Waals surface area (Å²) in [6.07, 6.45) is 1.61. The fourth-order valence-electron chi connectivity index (χ4n) is 1.75. The Bertz CT molecular complexity index is 529. The van der Waals surface area contributed by atoms with Crippen LogP contribution < -0.4 is 10.1 Å². The number of ether oxygens (including phenoxy) is 1. The summed E-state index contributed by atoms with van der Waals surface area (Å²) in [7, 11) is 1.60. The Labute approximate surface area is 106 Å². The van der Waals surface area contributed by atoms with Crippen LogP contribution >= 0.6 is 0 Å². The van der Waals surface area contributed by atoms with E-state index in [0.29, 0.717) is 12.3 Å². The van der Waals surface area contributed by atoms with Gasteiger partial charge in [0.15, 0.2) is 0 Å². The van der Waals surface area contributed by atoms with Crippen molar-refractivity contribution in [1.82, 2.24) is 5.32 Å². The molecule has 2 aromatic rings. The van der Waals surface area contributed by atoms with Gasteiger partial charge >= 0.3 is 0 Å². The molecule has 4 nitrogen and oxygen atoms in total. The van der Waals surface area contributed by atoms with E-state index in [1.807, 2.05) is 36.4 Å². The molecule has 1 unspecified atom stereocenters. The first-order valence-electron chi connectivity index (χ1n) is 5.63. The topological polar surface area (TPSA) is 58.2 Å². The Hall–Kier alpha value is -2.25. The van der Waals surface area contributed by atoms with Crippen molar-refractivity contribution in [3.05, 3.63) is 54.0 Å². The Morgan fingerprint density at radius 3 is 2.83 bits per heavy atom. The maximum absolute atomic E-state index is 9.23. The molecule has 4 heteroatoms. The van der Waals surface area contributed by atoms with Gasteiger partial charge in [-0.25, -0.2) is 0 Å². The van der Waals surface area contributed by atoms with Crippen molar-refractivity contribution in [2.75, 3.05) is 7.11 Å². The van der Waals surface area contributed by atoms with E-state index in [4.69, 9.17) is 9.15 Å². The second kappa shape index (κ2) is 5.89. The third kappa shape index (κ3) is 2.70. The fourth-order valence-corrected chi connectivity index (χ4v) is 1.75. The summed E-state index contributed by atoms with van der Waals surface area (Å²) in [5, 5.41) is 12.4. The maximum atomic E-state index is 9.23. The van der Waals surface area contributed by atoms with E-state index in [2.05, 4.69) is 11.4 Å². The highest BCUT2D eigenvalue weighted by molar-refractivity contribution is 5.38. The van der Waals surface area contributed by atoms with Gasteiger partial charge in [0.05, 0.1) is 26.0 Å². The number of para-hydroxylation sites is 1. The molecule has 0 amide bonds. The number of methoxy groups -OCH3 is 1. The van der Waals surface area contributed by atoms with Gasteiger partial charge in [-0.05, 0) is 18.2 Å². The third-order valence-corrected chi connectivity index (χ3v) is 2.64. The SMILES string of the molecule is COc1ccccc1C(C#N)NCc1ccco1. The molecule has 1 aromatic carbocycles. The van der Waals surface area contributed by atoms with Crippen LogP contribution in [-0.4, -0.2) is 7.11 Å². The van der Waals surface area contributed by atoms with E-state index in [1.54, 1.807) is 13.4 Å². The largest absolute Gasteiger partial charge is 0.496 e. The lowest BCUT2D eigenvalue weighted by molar-refractivity contribution is 0.402. The summed E-state index contributed by atoms with van der Waals surface area (Å²) >= 11 is 0. The van der Waals surface area contributed by atoms with Gasteiger partial charge in [-0.1, -0.05) is 18.2 Å². The van der Waals surface area contributed by atoms with Crippen LogP contribution in [-0.2, 0) is 6.54 Å². The van der Waals surface area contributed by atoms with Gasteiger partial charge in [-0.3, -0.25) is 5.32 Å². The molecule has 0 aliphatic carbocycles. The zero-order valence-electron chi connectivity index (χ0n) is 10.1. The molecule has 92 valence electrons. The molecule has 0 radical (unpaired) electrons. The number of nitrogens with zero attached hydrogens (tertiary/aromatic N) is 1. The quantitative estimate of drug-likeness (QED) is 0.875. The van der Waals surface area contributed by atoms with Crippen molar-refractivity contribution < 1.29 is 9.15 Å². The molecule has 0 fully saturated rings. The molecule has 1 heterocycles. The second-order valence-electron chi connectivity index (χ2n) is 3.76. The lowest BCUT2D eigenvalue weighted by atomic mass is 10.1. The van der Waals surface area contributed by atoms with E-state index in [0.717, 1.165) is 11.3 Å². The van der Waals surface area contributed by atoms with Crippen LogP contribution in [0.4, 0.5) is 0 Å². The van der Waals surface area contributed by atoms with Crippen molar-refractivity contribution in [3.8, 4) is 11.8 Å². The molecule has 1 aromatic heterocycles. The van der Waals surface area contributed by atoms with Crippen LogP contribution in [0.15, 0.2) is 47.1 Å². The van der Waals surface area contributed by atoms with Gasteiger partial charge < -0.3 is 9.15 Å². The average Bonchev–Trinajstić information content (AvgIpc) is 2.93. The number of benzene rings is 1. The minimum Gasteiger partial charge on any atom is -0.496 e. The first-order chi connectivity index (χ1) is 8.85. The van der Waals surface area contributed by atoms with Gasteiger partial charge in [0.1, 0.15) is 17.6 Å². The van der Waals surface area contributed by atoms with Crippen molar-refractivity contribution >= 4 is 0 Å². The molecular weight excluding hydrogens is 228 g/mol. The van der Waals surface area contributed by atoms with E-state index in [-0.39, 0.29) is 0 Å². The highest BCUT2D eigenvalue weighted by Crippen LogP contribution is 2.24. The monoisotopic (exact) mass is 242 g/mol. The lowest BCUT2D eigenvalue weighted by Gasteiger charge is -2.14. The smallest absolute Gasteiger partial charge is 0.125 e. The highest BCUT2D eigenvalue weighted by atomic mass is 16.5. The van der Waals surface area contributed by atoms with Crippen LogP contribution in [0.5, 0.6) is 5.75 Å². The van der Waals surface area contributed by atoms with Gasteiger partial charge in [-0.15, -0.1) is 0 Å². The van der Waals surface area contributed by atoms with E-state index >= 15 is 0 Å². The summed E-state index contributed by atoms with van der Waals surface area (Å²) in [5.41, 5.74) is 0.828. The summed E-state index contributed by atoms with van der Waals surface area (Å²) in [6, 6.07) is 13.0. The molecule has 2 rings (SSSR count). The number of nitrogens with one attached hydrogen (secondary N) is 1. The maximum Gasteiger partial charge on any atom is 0.125 e. The van der Waals surface area contributed by atoms with Gasteiger partial charge in [-0.2, -0.15) is 5.26 Å². The van der Waals surface area contributed by atoms with E-state index < -0.39 is 6.04 Å². The lowest BCUT2D eigenvalue weighted by Crippen LogP contribution is -2.19. The summed E-state index contributed by atoms with van der Waals surface area (Å²) < 4.78 is 10.5. The van der Waals surface area contributed by atoms with Gasteiger partial charge in [0.25, 0.3) is 0 Å².